The average molecular weight is 351 g/mol. The Morgan fingerprint density at radius 2 is 1.88 bits per heavy atom. The average Bonchev–Trinajstić information content (AvgIpc) is 2.98. The van der Waals surface area contributed by atoms with Gasteiger partial charge in [-0.05, 0) is 43.7 Å². The van der Waals surface area contributed by atoms with Gasteiger partial charge in [0, 0.05) is 12.2 Å². The largest absolute Gasteiger partial charge is 0.421 e. The van der Waals surface area contributed by atoms with Crippen molar-refractivity contribution >= 4 is 22.7 Å². The molecule has 1 N–H and O–H groups in total. The highest BCUT2D eigenvalue weighted by molar-refractivity contribution is 5.92. The van der Waals surface area contributed by atoms with Gasteiger partial charge < -0.3 is 9.73 Å². The number of hydrogen-bond acceptors (Lipinski definition) is 4. The molecule has 26 heavy (non-hydrogen) atoms. The first-order chi connectivity index (χ1) is 12.7. The maximum Gasteiger partial charge on any atom is 0.421 e. The smallest absolute Gasteiger partial charge is 0.408 e. The molecule has 1 amide bonds. The van der Waals surface area contributed by atoms with E-state index in [0.717, 1.165) is 30.6 Å². The minimum atomic E-state index is -0.359. The molecule has 1 saturated heterocycles. The molecule has 0 saturated carbocycles. The fourth-order valence-corrected chi connectivity index (χ4v) is 3.51. The van der Waals surface area contributed by atoms with Crippen molar-refractivity contribution in [2.24, 2.45) is 5.92 Å². The number of oxazole rings is 1. The predicted octanol–water partition coefficient (Wildman–Crippen LogP) is 2.90. The Hall–Kier alpha value is -2.86. The highest BCUT2D eigenvalue weighted by Crippen LogP contribution is 2.20. The summed E-state index contributed by atoms with van der Waals surface area (Å²) in [6.45, 7) is 1.93. The fourth-order valence-electron chi connectivity index (χ4n) is 3.51. The van der Waals surface area contributed by atoms with E-state index in [1.54, 1.807) is 10.6 Å². The van der Waals surface area contributed by atoms with Gasteiger partial charge in [-0.25, -0.2) is 4.79 Å². The zero-order chi connectivity index (χ0) is 17.9. The molecule has 0 spiro atoms. The zero-order valence-corrected chi connectivity index (χ0v) is 14.4. The number of para-hydroxylation sites is 3. The Balaban J connectivity index is 1.46. The normalized spacial score (nSPS) is 18.1. The third-order valence-electron chi connectivity index (χ3n) is 4.83. The van der Waals surface area contributed by atoms with Crippen molar-refractivity contribution in [1.29, 1.82) is 0 Å². The second kappa shape index (κ2) is 7.17. The Bertz CT molecular complexity index is 961. The lowest BCUT2D eigenvalue weighted by Crippen LogP contribution is -2.42. The van der Waals surface area contributed by atoms with Gasteiger partial charge in [0.1, 0.15) is 0 Å². The van der Waals surface area contributed by atoms with Crippen LogP contribution in [0.25, 0.3) is 11.1 Å². The number of benzene rings is 2. The van der Waals surface area contributed by atoms with E-state index in [1.807, 2.05) is 48.5 Å². The van der Waals surface area contributed by atoms with Gasteiger partial charge in [-0.1, -0.05) is 30.3 Å². The number of carbonyl (C=O) groups excluding carboxylic acids is 1. The highest BCUT2D eigenvalue weighted by Gasteiger charge is 2.26. The lowest BCUT2D eigenvalue weighted by molar-refractivity contribution is -0.121. The topological polar surface area (TPSA) is 67.5 Å². The third-order valence-corrected chi connectivity index (χ3v) is 4.83. The van der Waals surface area contributed by atoms with E-state index in [-0.39, 0.29) is 17.6 Å². The molecule has 4 rings (SSSR count). The molecule has 3 aromatic rings. The molecule has 0 aliphatic carbocycles. The van der Waals surface area contributed by atoms with Crippen LogP contribution >= 0.6 is 0 Å². The van der Waals surface area contributed by atoms with Gasteiger partial charge in [-0.15, -0.1) is 0 Å². The maximum absolute atomic E-state index is 12.6. The van der Waals surface area contributed by atoms with Crippen molar-refractivity contribution in [3.8, 4) is 0 Å². The van der Waals surface area contributed by atoms with Crippen molar-refractivity contribution in [3.63, 3.8) is 0 Å². The molecule has 6 heteroatoms. The molecule has 2 aromatic carbocycles. The van der Waals surface area contributed by atoms with Gasteiger partial charge in [-0.2, -0.15) is 0 Å². The molecule has 6 nitrogen and oxygen atoms in total. The highest BCUT2D eigenvalue weighted by atomic mass is 16.4. The van der Waals surface area contributed by atoms with Crippen molar-refractivity contribution in [3.05, 3.63) is 65.1 Å². The van der Waals surface area contributed by atoms with Gasteiger partial charge in [0.05, 0.1) is 18.1 Å². The lowest BCUT2D eigenvalue weighted by atomic mass is 9.97. The molecular weight excluding hydrogens is 330 g/mol. The summed E-state index contributed by atoms with van der Waals surface area (Å²) in [7, 11) is 0. The lowest BCUT2D eigenvalue weighted by Gasteiger charge is -2.31. The number of amides is 1. The summed E-state index contributed by atoms with van der Waals surface area (Å²) in [5.74, 6) is -0.412. The fraction of sp³-hybridized carbons (Fsp3) is 0.300. The standard InChI is InChI=1S/C20H21N3O3/c24-19(21-16-8-2-1-3-9-16)15-7-6-12-22(13-15)14-23-17-10-4-5-11-18(17)26-20(23)25/h1-5,8-11,15H,6-7,12-14H2,(H,21,24)/t15-/m1/s1. The SMILES string of the molecule is O=C(Nc1ccccc1)[C@@H]1CCCN(Cn2c(=O)oc3ccccc32)C1. The van der Waals surface area contributed by atoms with Crippen molar-refractivity contribution < 1.29 is 9.21 Å². The Morgan fingerprint density at radius 3 is 2.73 bits per heavy atom. The van der Waals surface area contributed by atoms with Crippen LogP contribution < -0.4 is 11.1 Å². The Morgan fingerprint density at radius 1 is 1.12 bits per heavy atom. The number of rotatable bonds is 4. The predicted molar refractivity (Wildman–Crippen MR) is 99.8 cm³/mol. The van der Waals surface area contributed by atoms with Crippen LogP contribution in [0.2, 0.25) is 0 Å². The van der Waals surface area contributed by atoms with E-state index in [0.29, 0.717) is 18.8 Å². The molecule has 2 heterocycles. The quantitative estimate of drug-likeness (QED) is 0.785. The van der Waals surface area contributed by atoms with Crippen molar-refractivity contribution in [1.82, 2.24) is 9.47 Å². The van der Waals surface area contributed by atoms with Crippen LogP contribution in [0.1, 0.15) is 12.8 Å². The number of anilines is 1. The van der Waals surface area contributed by atoms with E-state index in [1.165, 1.54) is 0 Å². The van der Waals surface area contributed by atoms with Crippen LogP contribution in [-0.4, -0.2) is 28.5 Å². The summed E-state index contributed by atoms with van der Waals surface area (Å²) in [6, 6.07) is 16.9. The third kappa shape index (κ3) is 3.41. The number of aromatic nitrogens is 1. The number of piperidine rings is 1. The minimum Gasteiger partial charge on any atom is -0.408 e. The Labute approximate surface area is 151 Å². The molecule has 0 unspecified atom stereocenters. The van der Waals surface area contributed by atoms with Crippen molar-refractivity contribution in [2.45, 2.75) is 19.5 Å². The molecule has 134 valence electrons. The second-order valence-corrected chi connectivity index (χ2v) is 6.68. The van der Waals surface area contributed by atoms with Crippen LogP contribution in [0.3, 0.4) is 0 Å². The van der Waals surface area contributed by atoms with Gasteiger partial charge in [0.2, 0.25) is 5.91 Å². The summed E-state index contributed by atoms with van der Waals surface area (Å²) in [4.78, 5) is 26.9. The van der Waals surface area contributed by atoms with E-state index in [9.17, 15) is 9.59 Å². The monoisotopic (exact) mass is 351 g/mol. The summed E-state index contributed by atoms with van der Waals surface area (Å²) < 4.78 is 6.93. The number of likely N-dealkylation sites (tertiary alicyclic amines) is 1. The first kappa shape index (κ1) is 16.6. The first-order valence-corrected chi connectivity index (χ1v) is 8.87. The van der Waals surface area contributed by atoms with E-state index < -0.39 is 0 Å². The molecular formula is C20H21N3O3. The molecule has 1 atom stereocenters. The van der Waals surface area contributed by atoms with Gasteiger partial charge in [-0.3, -0.25) is 14.3 Å². The number of nitrogens with zero attached hydrogens (tertiary/aromatic N) is 2. The summed E-state index contributed by atoms with van der Waals surface area (Å²) in [5.41, 5.74) is 2.19. The molecule has 1 aliphatic rings. The van der Waals surface area contributed by atoms with E-state index in [4.69, 9.17) is 4.42 Å². The summed E-state index contributed by atoms with van der Waals surface area (Å²) in [5, 5.41) is 2.98. The number of carbonyl (C=O) groups is 1. The van der Waals surface area contributed by atoms with Crippen LogP contribution in [0.15, 0.2) is 63.8 Å². The van der Waals surface area contributed by atoms with Crippen LogP contribution in [-0.2, 0) is 11.5 Å². The number of hydrogen-bond donors (Lipinski definition) is 1. The molecule has 1 fully saturated rings. The minimum absolute atomic E-state index is 0.0327. The van der Waals surface area contributed by atoms with Crippen LogP contribution in [0.4, 0.5) is 5.69 Å². The summed E-state index contributed by atoms with van der Waals surface area (Å²) in [6.07, 6.45) is 1.79. The first-order valence-electron chi connectivity index (χ1n) is 8.87. The van der Waals surface area contributed by atoms with Gasteiger partial charge >= 0.3 is 5.76 Å². The molecule has 1 aliphatic heterocycles. The van der Waals surface area contributed by atoms with E-state index >= 15 is 0 Å². The van der Waals surface area contributed by atoms with Gasteiger partial charge in [0.15, 0.2) is 5.58 Å². The van der Waals surface area contributed by atoms with Crippen LogP contribution in [0.5, 0.6) is 0 Å². The number of nitrogens with one attached hydrogen (secondary N) is 1. The van der Waals surface area contributed by atoms with E-state index in [2.05, 4.69) is 10.2 Å². The molecule has 0 bridgehead atoms. The molecule has 0 radical (unpaired) electrons. The van der Waals surface area contributed by atoms with Crippen molar-refractivity contribution in [2.75, 3.05) is 18.4 Å². The Kier molecular flexibility index (Phi) is 4.58. The zero-order valence-electron chi connectivity index (χ0n) is 14.4. The van der Waals surface area contributed by atoms with Gasteiger partial charge in [0.25, 0.3) is 0 Å². The maximum atomic E-state index is 12.6. The van der Waals surface area contributed by atoms with Crippen LogP contribution in [0, 0.1) is 5.92 Å². The second-order valence-electron chi connectivity index (χ2n) is 6.68. The molecule has 1 aromatic heterocycles. The summed E-state index contributed by atoms with van der Waals surface area (Å²) >= 11 is 0. The number of fused-ring (bicyclic) bond motifs is 1.